The van der Waals surface area contributed by atoms with E-state index in [1.54, 1.807) is 0 Å². The maximum absolute atomic E-state index is 13.0. The molecule has 0 bridgehead atoms. The van der Waals surface area contributed by atoms with Crippen molar-refractivity contribution >= 4 is 5.78 Å². The highest BCUT2D eigenvalue weighted by atomic mass is 16.8. The van der Waals surface area contributed by atoms with E-state index in [9.17, 15) is 4.79 Å². The summed E-state index contributed by atoms with van der Waals surface area (Å²) in [6, 6.07) is 9.89. The summed E-state index contributed by atoms with van der Waals surface area (Å²) in [6.45, 7) is 7.05. The largest absolute Gasteiger partial charge is 0.362 e. The predicted molar refractivity (Wildman–Crippen MR) is 138 cm³/mol. The second-order valence-electron chi connectivity index (χ2n) is 9.40. The maximum Gasteiger partial charge on any atom is 0.236 e. The van der Waals surface area contributed by atoms with Crippen molar-refractivity contribution in [2.24, 2.45) is 0 Å². The zero-order chi connectivity index (χ0) is 24.5. The molecule has 1 fully saturated rings. The fourth-order valence-corrected chi connectivity index (χ4v) is 4.38. The van der Waals surface area contributed by atoms with Crippen LogP contribution in [0.15, 0.2) is 30.3 Å². The highest BCUT2D eigenvalue weighted by molar-refractivity contribution is 5.99. The molecule has 0 aliphatic carbocycles. The Morgan fingerprint density at radius 1 is 0.971 bits per heavy atom. The Kier molecular flexibility index (Phi) is 14.2. The molecule has 1 aromatic carbocycles. The summed E-state index contributed by atoms with van der Waals surface area (Å²) >= 11 is 0. The number of ether oxygens (including phenoxy) is 3. The monoisotopic (exact) mass is 470 g/mol. The number of unbranched alkanes of at least 4 members (excludes halogenated alkanes) is 10. The number of hydrogen-bond donors (Lipinski definition) is 0. The molecule has 2 atom stereocenters. The summed E-state index contributed by atoms with van der Waals surface area (Å²) in [6.07, 6.45) is 14.0. The topological polar surface area (TPSA) is 44.8 Å². The van der Waals surface area contributed by atoms with E-state index in [1.165, 1.54) is 57.8 Å². The summed E-state index contributed by atoms with van der Waals surface area (Å²) in [4.78, 5) is 13.0. The summed E-state index contributed by atoms with van der Waals surface area (Å²) < 4.78 is 18.2. The van der Waals surface area contributed by atoms with Crippen LogP contribution in [0, 0.1) is 11.8 Å². The summed E-state index contributed by atoms with van der Waals surface area (Å²) in [7, 11) is 0. The van der Waals surface area contributed by atoms with Gasteiger partial charge in [0.05, 0.1) is 13.2 Å². The van der Waals surface area contributed by atoms with E-state index in [0.717, 1.165) is 31.2 Å². The van der Waals surface area contributed by atoms with Gasteiger partial charge in [-0.25, -0.2) is 0 Å². The number of benzene rings is 1. The molecule has 1 aliphatic rings. The zero-order valence-electron chi connectivity index (χ0n) is 21.8. The van der Waals surface area contributed by atoms with E-state index in [2.05, 4.69) is 18.8 Å². The minimum Gasteiger partial charge on any atom is -0.362 e. The van der Waals surface area contributed by atoms with Crippen molar-refractivity contribution in [3.05, 3.63) is 35.9 Å². The van der Waals surface area contributed by atoms with Crippen LogP contribution in [0.25, 0.3) is 0 Å². The van der Waals surface area contributed by atoms with Gasteiger partial charge in [0.15, 0.2) is 11.9 Å². The third-order valence-electron chi connectivity index (χ3n) is 6.69. The molecule has 1 aromatic rings. The maximum atomic E-state index is 13.0. The lowest BCUT2D eigenvalue weighted by atomic mass is 10.1. The molecular formula is C30H46O4. The van der Waals surface area contributed by atoms with Crippen molar-refractivity contribution in [2.45, 2.75) is 129 Å². The standard InChI is InChI=1S/C30H46O4/c1-4-7-8-9-10-11-12-13-14-15-16-20-23-27(31)29(32-24-26-21-18-17-19-22-26)28-25-33-30(5-2,6-3)34-28/h17-19,21-22,28-29H,4-16,24-25H2,1-3H3/t28-,29-/m1/s1. The van der Waals surface area contributed by atoms with Gasteiger partial charge in [-0.1, -0.05) is 115 Å². The van der Waals surface area contributed by atoms with Crippen LogP contribution in [-0.4, -0.2) is 30.4 Å². The van der Waals surface area contributed by atoms with Crippen molar-refractivity contribution < 1.29 is 19.0 Å². The Labute approximate surface area is 208 Å². The van der Waals surface area contributed by atoms with E-state index in [1.807, 2.05) is 44.2 Å². The quantitative estimate of drug-likeness (QED) is 0.135. The Bertz CT molecular complexity index is 729. The average molecular weight is 471 g/mol. The number of rotatable bonds is 17. The molecule has 0 aromatic heterocycles. The second-order valence-corrected chi connectivity index (χ2v) is 9.40. The van der Waals surface area contributed by atoms with E-state index >= 15 is 0 Å². The van der Waals surface area contributed by atoms with Crippen LogP contribution in [0.2, 0.25) is 0 Å². The smallest absolute Gasteiger partial charge is 0.236 e. The third-order valence-corrected chi connectivity index (χ3v) is 6.69. The molecule has 1 saturated heterocycles. The fraction of sp³-hybridized carbons (Fsp3) is 0.700. The van der Waals surface area contributed by atoms with Crippen LogP contribution in [0.5, 0.6) is 0 Å². The van der Waals surface area contributed by atoms with Crippen LogP contribution >= 0.6 is 0 Å². The van der Waals surface area contributed by atoms with Crippen molar-refractivity contribution in [1.29, 1.82) is 0 Å². The minimum atomic E-state index is -0.736. The van der Waals surface area contributed by atoms with Gasteiger partial charge in [0.25, 0.3) is 0 Å². The SMILES string of the molecule is CCCCCCCCCCCCC#CC(=O)[C@@H](OCc1ccccc1)[C@H]1COC(CC)(CC)O1. The number of carbonyl (C=O) groups excluding carboxylic acids is 1. The van der Waals surface area contributed by atoms with Crippen LogP contribution < -0.4 is 0 Å². The molecule has 34 heavy (non-hydrogen) atoms. The molecule has 0 radical (unpaired) electrons. The molecule has 190 valence electrons. The van der Waals surface area contributed by atoms with Crippen LogP contribution in [0.1, 0.15) is 110 Å². The molecule has 0 N–H and O–H groups in total. The summed E-state index contributed by atoms with van der Waals surface area (Å²) in [5.41, 5.74) is 1.02. The minimum absolute atomic E-state index is 0.209. The molecule has 0 spiro atoms. The number of ketones is 1. The van der Waals surface area contributed by atoms with Crippen molar-refractivity contribution in [1.82, 2.24) is 0 Å². The Morgan fingerprint density at radius 3 is 2.18 bits per heavy atom. The normalized spacial score (nSPS) is 17.8. The molecule has 4 nitrogen and oxygen atoms in total. The first kappa shape index (κ1) is 28.6. The molecule has 1 heterocycles. The lowest BCUT2D eigenvalue weighted by Crippen LogP contribution is -2.39. The summed E-state index contributed by atoms with van der Waals surface area (Å²) in [5.74, 6) is 5.09. The van der Waals surface area contributed by atoms with Crippen LogP contribution in [-0.2, 0) is 25.6 Å². The highest BCUT2D eigenvalue weighted by Gasteiger charge is 2.44. The highest BCUT2D eigenvalue weighted by Crippen LogP contribution is 2.32. The third kappa shape index (κ3) is 10.3. The molecule has 0 amide bonds. The predicted octanol–water partition coefficient (Wildman–Crippen LogP) is 7.39. The number of hydrogen-bond acceptors (Lipinski definition) is 4. The first-order valence-electron chi connectivity index (χ1n) is 13.6. The van der Waals surface area contributed by atoms with Gasteiger partial charge in [-0.2, -0.15) is 0 Å². The van der Waals surface area contributed by atoms with Crippen LogP contribution in [0.3, 0.4) is 0 Å². The molecule has 1 aliphatic heterocycles. The van der Waals surface area contributed by atoms with Crippen molar-refractivity contribution in [2.75, 3.05) is 6.61 Å². The molecule has 0 unspecified atom stereocenters. The zero-order valence-corrected chi connectivity index (χ0v) is 21.8. The lowest BCUT2D eigenvalue weighted by Gasteiger charge is -2.26. The van der Waals surface area contributed by atoms with Gasteiger partial charge in [0.1, 0.15) is 6.10 Å². The molecule has 4 heteroatoms. The first-order valence-corrected chi connectivity index (χ1v) is 13.6. The van der Waals surface area contributed by atoms with E-state index in [4.69, 9.17) is 14.2 Å². The van der Waals surface area contributed by atoms with E-state index in [0.29, 0.717) is 13.2 Å². The Morgan fingerprint density at radius 2 is 1.59 bits per heavy atom. The summed E-state index contributed by atoms with van der Waals surface area (Å²) in [5, 5.41) is 0. The number of carbonyl (C=O) groups is 1. The first-order chi connectivity index (χ1) is 16.6. The number of Topliss-reactive ketones (excluding diaryl/α,β-unsaturated/α-hetero) is 1. The van der Waals surface area contributed by atoms with Gasteiger partial charge in [0.2, 0.25) is 5.78 Å². The average Bonchev–Trinajstić information content (AvgIpc) is 3.30. The van der Waals surface area contributed by atoms with E-state index in [-0.39, 0.29) is 5.78 Å². The van der Waals surface area contributed by atoms with E-state index < -0.39 is 18.0 Å². The molecular weight excluding hydrogens is 424 g/mol. The second kappa shape index (κ2) is 16.9. The molecule has 2 rings (SSSR count). The van der Waals surface area contributed by atoms with Crippen LogP contribution in [0.4, 0.5) is 0 Å². The lowest BCUT2D eigenvalue weighted by molar-refractivity contribution is -0.186. The Hall–Kier alpha value is -1.67. The Balaban J connectivity index is 1.78. The van der Waals surface area contributed by atoms with Crippen molar-refractivity contribution in [3.63, 3.8) is 0 Å². The molecule has 0 saturated carbocycles. The fourth-order valence-electron chi connectivity index (χ4n) is 4.38. The van der Waals surface area contributed by atoms with Crippen molar-refractivity contribution in [3.8, 4) is 11.8 Å². The van der Waals surface area contributed by atoms with Gasteiger partial charge >= 0.3 is 0 Å². The van der Waals surface area contributed by atoms with Gasteiger partial charge in [-0.05, 0) is 30.7 Å². The van der Waals surface area contributed by atoms with Gasteiger partial charge in [-0.15, -0.1) is 0 Å². The van der Waals surface area contributed by atoms with Gasteiger partial charge < -0.3 is 14.2 Å². The van der Waals surface area contributed by atoms with Gasteiger partial charge in [0, 0.05) is 6.42 Å². The van der Waals surface area contributed by atoms with Gasteiger partial charge in [-0.3, -0.25) is 4.79 Å².